The molecule has 0 saturated heterocycles. The molecule has 2 nitrogen and oxygen atoms in total. The molecule has 0 bridgehead atoms. The van der Waals surface area contributed by atoms with E-state index in [9.17, 15) is 18.0 Å². The SMILES string of the molecule is CC(=O)C(Br)c1cccc(OC(F)(F)F)c1I. The van der Waals surface area contributed by atoms with E-state index in [0.29, 0.717) is 5.56 Å². The summed E-state index contributed by atoms with van der Waals surface area (Å²) in [6.07, 6.45) is -4.74. The first kappa shape index (κ1) is 14.7. The zero-order valence-electron chi connectivity index (χ0n) is 8.52. The van der Waals surface area contributed by atoms with Crippen LogP contribution in [0, 0.1) is 3.57 Å². The van der Waals surface area contributed by atoms with Crippen LogP contribution in [0.15, 0.2) is 18.2 Å². The average molecular weight is 423 g/mol. The molecule has 0 N–H and O–H groups in total. The Hall–Kier alpha value is -0.310. The van der Waals surface area contributed by atoms with Gasteiger partial charge in [0.05, 0.1) is 8.40 Å². The highest BCUT2D eigenvalue weighted by atomic mass is 127. The van der Waals surface area contributed by atoms with E-state index >= 15 is 0 Å². The maximum atomic E-state index is 12.1. The molecule has 0 heterocycles. The van der Waals surface area contributed by atoms with Crippen molar-refractivity contribution in [1.29, 1.82) is 0 Å². The number of carbonyl (C=O) groups excluding carboxylic acids is 1. The minimum absolute atomic E-state index is 0.188. The second-order valence-electron chi connectivity index (χ2n) is 3.18. The smallest absolute Gasteiger partial charge is 0.405 e. The summed E-state index contributed by atoms with van der Waals surface area (Å²) >= 11 is 4.85. The molecule has 1 aromatic carbocycles. The van der Waals surface area contributed by atoms with Crippen LogP contribution in [0.5, 0.6) is 5.75 Å². The standard InChI is InChI=1S/C10H7BrF3IO2/c1-5(16)8(11)6-3-2-4-7(9(6)15)17-10(12,13)14/h2-4,8H,1H3. The van der Waals surface area contributed by atoms with Crippen LogP contribution in [-0.2, 0) is 4.79 Å². The molecule has 1 rings (SSSR count). The van der Waals surface area contributed by atoms with Gasteiger partial charge in [0, 0.05) is 0 Å². The molecular formula is C10H7BrF3IO2. The van der Waals surface area contributed by atoms with Crippen LogP contribution >= 0.6 is 38.5 Å². The molecule has 0 aliphatic carbocycles. The molecule has 1 atom stereocenters. The van der Waals surface area contributed by atoms with E-state index < -0.39 is 11.2 Å². The van der Waals surface area contributed by atoms with Crippen LogP contribution < -0.4 is 4.74 Å². The van der Waals surface area contributed by atoms with Crippen molar-refractivity contribution in [3.8, 4) is 5.75 Å². The molecule has 0 saturated carbocycles. The molecule has 1 aromatic rings. The Morgan fingerprint density at radius 2 is 2.06 bits per heavy atom. The summed E-state index contributed by atoms with van der Waals surface area (Å²) < 4.78 is 40.5. The summed E-state index contributed by atoms with van der Waals surface area (Å²) in [6.45, 7) is 1.35. The second-order valence-corrected chi connectivity index (χ2v) is 5.17. The molecular weight excluding hydrogens is 416 g/mol. The second kappa shape index (κ2) is 5.55. The van der Waals surface area contributed by atoms with E-state index in [1.54, 1.807) is 28.7 Å². The topological polar surface area (TPSA) is 26.3 Å². The first-order valence-electron chi connectivity index (χ1n) is 4.41. The highest BCUT2D eigenvalue weighted by Gasteiger charge is 2.32. The Labute approximate surface area is 118 Å². The average Bonchev–Trinajstić information content (AvgIpc) is 2.18. The highest BCUT2D eigenvalue weighted by molar-refractivity contribution is 14.1. The van der Waals surface area contributed by atoms with Gasteiger partial charge in [0.25, 0.3) is 0 Å². The van der Waals surface area contributed by atoms with Crippen molar-refractivity contribution >= 4 is 44.3 Å². The maximum Gasteiger partial charge on any atom is 0.573 e. The van der Waals surface area contributed by atoms with Gasteiger partial charge in [-0.25, -0.2) is 0 Å². The number of hydrogen-bond acceptors (Lipinski definition) is 2. The lowest BCUT2D eigenvalue weighted by atomic mass is 10.1. The molecule has 0 spiro atoms. The van der Waals surface area contributed by atoms with Crippen LogP contribution in [0.3, 0.4) is 0 Å². The van der Waals surface area contributed by atoms with Crippen molar-refractivity contribution in [2.75, 3.05) is 0 Å². The summed E-state index contributed by atoms with van der Waals surface area (Å²) in [6, 6.07) is 4.19. The number of ether oxygens (including phenoxy) is 1. The van der Waals surface area contributed by atoms with Gasteiger partial charge in [0.15, 0.2) is 0 Å². The van der Waals surface area contributed by atoms with Crippen LogP contribution in [0.25, 0.3) is 0 Å². The number of benzene rings is 1. The fourth-order valence-electron chi connectivity index (χ4n) is 1.15. The maximum absolute atomic E-state index is 12.1. The predicted molar refractivity (Wildman–Crippen MR) is 68.2 cm³/mol. The van der Waals surface area contributed by atoms with Crippen molar-refractivity contribution in [2.24, 2.45) is 0 Å². The first-order chi connectivity index (χ1) is 7.72. The number of rotatable bonds is 3. The Balaban J connectivity index is 3.12. The molecule has 0 aromatic heterocycles. The van der Waals surface area contributed by atoms with E-state index in [1.165, 1.54) is 19.1 Å². The number of Topliss-reactive ketones (excluding diaryl/α,β-unsaturated/α-hetero) is 1. The molecule has 0 aliphatic rings. The van der Waals surface area contributed by atoms with Gasteiger partial charge < -0.3 is 4.74 Å². The van der Waals surface area contributed by atoms with Crippen molar-refractivity contribution in [2.45, 2.75) is 18.1 Å². The summed E-state index contributed by atoms with van der Waals surface area (Å²) in [7, 11) is 0. The lowest BCUT2D eigenvalue weighted by molar-refractivity contribution is -0.275. The lowest BCUT2D eigenvalue weighted by Crippen LogP contribution is -2.18. The van der Waals surface area contributed by atoms with Crippen LogP contribution in [0.1, 0.15) is 17.3 Å². The third-order valence-electron chi connectivity index (χ3n) is 1.85. The lowest BCUT2D eigenvalue weighted by Gasteiger charge is -2.14. The highest BCUT2D eigenvalue weighted by Crippen LogP contribution is 2.35. The molecule has 94 valence electrons. The summed E-state index contributed by atoms with van der Waals surface area (Å²) in [5, 5.41) is 0. The van der Waals surface area contributed by atoms with Gasteiger partial charge >= 0.3 is 6.36 Å². The van der Waals surface area contributed by atoms with Crippen LogP contribution in [0.4, 0.5) is 13.2 Å². The molecule has 0 fully saturated rings. The quantitative estimate of drug-likeness (QED) is 0.538. The van der Waals surface area contributed by atoms with Gasteiger partial charge in [0.1, 0.15) is 11.5 Å². The number of halogens is 5. The Morgan fingerprint density at radius 3 is 2.53 bits per heavy atom. The molecule has 0 radical (unpaired) electrons. The van der Waals surface area contributed by atoms with E-state index in [1.807, 2.05) is 0 Å². The predicted octanol–water partition coefficient (Wildman–Crippen LogP) is 4.21. The van der Waals surface area contributed by atoms with Crippen molar-refractivity contribution < 1.29 is 22.7 Å². The van der Waals surface area contributed by atoms with Gasteiger partial charge in [-0.1, -0.05) is 28.1 Å². The number of ketones is 1. The summed E-state index contributed by atoms with van der Waals surface area (Å²) in [5.74, 6) is -0.492. The zero-order valence-corrected chi connectivity index (χ0v) is 12.3. The van der Waals surface area contributed by atoms with Crippen molar-refractivity contribution in [1.82, 2.24) is 0 Å². The number of alkyl halides is 4. The fraction of sp³-hybridized carbons (Fsp3) is 0.300. The molecule has 0 amide bonds. The van der Waals surface area contributed by atoms with Gasteiger partial charge in [-0.15, -0.1) is 13.2 Å². The first-order valence-corrected chi connectivity index (χ1v) is 6.40. The molecule has 17 heavy (non-hydrogen) atoms. The zero-order chi connectivity index (χ0) is 13.2. The molecule has 1 unspecified atom stereocenters. The van der Waals surface area contributed by atoms with Crippen LogP contribution in [0.2, 0.25) is 0 Å². The van der Waals surface area contributed by atoms with Gasteiger partial charge in [-0.2, -0.15) is 0 Å². The van der Waals surface area contributed by atoms with E-state index in [-0.39, 0.29) is 15.1 Å². The summed E-state index contributed by atoms with van der Waals surface area (Å²) in [5.41, 5.74) is 0.458. The minimum Gasteiger partial charge on any atom is -0.405 e. The Kier molecular flexibility index (Phi) is 4.82. The van der Waals surface area contributed by atoms with Gasteiger partial charge in [0.2, 0.25) is 0 Å². The monoisotopic (exact) mass is 422 g/mol. The number of carbonyl (C=O) groups is 1. The fourth-order valence-corrected chi connectivity index (χ4v) is 2.74. The van der Waals surface area contributed by atoms with E-state index in [4.69, 9.17) is 0 Å². The van der Waals surface area contributed by atoms with Crippen molar-refractivity contribution in [3.05, 3.63) is 27.3 Å². The third kappa shape index (κ3) is 4.13. The minimum atomic E-state index is -4.74. The van der Waals surface area contributed by atoms with Gasteiger partial charge in [-0.05, 0) is 41.1 Å². The third-order valence-corrected chi connectivity index (χ3v) is 4.14. The largest absolute Gasteiger partial charge is 0.573 e. The van der Waals surface area contributed by atoms with Crippen LogP contribution in [-0.4, -0.2) is 12.1 Å². The number of hydrogen-bond donors (Lipinski definition) is 0. The Morgan fingerprint density at radius 1 is 1.47 bits per heavy atom. The Bertz CT molecular complexity index is 434. The molecule has 0 aliphatic heterocycles. The normalized spacial score (nSPS) is 13.3. The molecule has 7 heteroatoms. The van der Waals surface area contributed by atoms with E-state index in [2.05, 4.69) is 20.7 Å². The summed E-state index contributed by atoms with van der Waals surface area (Å²) in [4.78, 5) is 10.5. The van der Waals surface area contributed by atoms with Crippen molar-refractivity contribution in [3.63, 3.8) is 0 Å². The van der Waals surface area contributed by atoms with Gasteiger partial charge in [-0.3, -0.25) is 4.79 Å². The van der Waals surface area contributed by atoms with E-state index in [0.717, 1.165) is 0 Å².